The van der Waals surface area contributed by atoms with Crippen molar-refractivity contribution in [3.8, 4) is 22.3 Å². The van der Waals surface area contributed by atoms with E-state index in [4.69, 9.17) is 0 Å². The molecule has 232 valence electrons. The van der Waals surface area contributed by atoms with E-state index in [1.165, 1.54) is 80.8 Å². The van der Waals surface area contributed by atoms with Crippen LogP contribution in [0.15, 0.2) is 164 Å². The molecule has 0 unspecified atom stereocenters. The van der Waals surface area contributed by atoms with Crippen LogP contribution in [0.3, 0.4) is 0 Å². The molecule has 0 radical (unpaired) electrons. The van der Waals surface area contributed by atoms with Crippen LogP contribution in [0, 0.1) is 0 Å². The number of thiophene rings is 1. The summed E-state index contributed by atoms with van der Waals surface area (Å²) in [4.78, 5) is 2.43. The van der Waals surface area contributed by atoms with Gasteiger partial charge in [0.2, 0.25) is 0 Å². The van der Waals surface area contributed by atoms with Crippen LogP contribution in [0.4, 0.5) is 17.1 Å². The standard InChI is InChI=1S/C47H33NS/c1-47(2)42-27-32-16-10-9-15-31(32)25-40(42)38-23-21-36(29-43(38)47)48(34-18-7-4-8-19-34)35-22-24-44-41(28-35)45-39(30-13-5-3-6-14-30)26-33-17-11-12-20-37(33)46(45)49-44/h3-29H,1-2H3. The van der Waals surface area contributed by atoms with Crippen molar-refractivity contribution in [2.45, 2.75) is 19.3 Å². The van der Waals surface area contributed by atoms with Crippen LogP contribution >= 0.6 is 11.3 Å². The number of rotatable bonds is 4. The molecule has 0 saturated carbocycles. The summed E-state index contributed by atoms with van der Waals surface area (Å²) >= 11 is 1.90. The van der Waals surface area contributed by atoms with Crippen LogP contribution in [0.5, 0.6) is 0 Å². The zero-order valence-corrected chi connectivity index (χ0v) is 28.3. The molecule has 0 fully saturated rings. The minimum Gasteiger partial charge on any atom is -0.310 e. The van der Waals surface area contributed by atoms with E-state index in [2.05, 4.69) is 183 Å². The maximum Gasteiger partial charge on any atom is 0.0468 e. The quantitative estimate of drug-likeness (QED) is 0.184. The number of hydrogen-bond donors (Lipinski definition) is 0. The van der Waals surface area contributed by atoms with E-state index in [0.29, 0.717) is 0 Å². The highest BCUT2D eigenvalue weighted by Crippen LogP contribution is 2.52. The number of hydrogen-bond acceptors (Lipinski definition) is 2. The maximum atomic E-state index is 2.44. The first-order valence-corrected chi connectivity index (χ1v) is 17.8. The molecule has 0 aliphatic heterocycles. The van der Waals surface area contributed by atoms with Gasteiger partial charge in [-0.1, -0.05) is 117 Å². The Morgan fingerprint density at radius 2 is 1.06 bits per heavy atom. The van der Waals surface area contributed by atoms with Crippen molar-refractivity contribution in [1.82, 2.24) is 0 Å². The lowest BCUT2D eigenvalue weighted by molar-refractivity contribution is 0.661. The molecule has 0 atom stereocenters. The van der Waals surface area contributed by atoms with Crippen molar-refractivity contribution < 1.29 is 0 Å². The normalized spacial score (nSPS) is 13.3. The molecule has 1 aliphatic carbocycles. The molecule has 0 amide bonds. The predicted octanol–water partition coefficient (Wildman–Crippen LogP) is 13.8. The molecule has 0 spiro atoms. The summed E-state index contributed by atoms with van der Waals surface area (Å²) in [5.74, 6) is 0. The largest absolute Gasteiger partial charge is 0.310 e. The smallest absolute Gasteiger partial charge is 0.0468 e. The summed E-state index contributed by atoms with van der Waals surface area (Å²) in [7, 11) is 0. The minimum absolute atomic E-state index is 0.119. The molecule has 8 aromatic carbocycles. The van der Waals surface area contributed by atoms with Gasteiger partial charge in [-0.3, -0.25) is 0 Å². The van der Waals surface area contributed by atoms with Gasteiger partial charge in [0.1, 0.15) is 0 Å². The number of nitrogens with zero attached hydrogens (tertiary/aromatic N) is 1. The average Bonchev–Trinajstić information content (AvgIpc) is 3.63. The third-order valence-corrected chi connectivity index (χ3v) is 11.8. The first-order valence-electron chi connectivity index (χ1n) is 17.0. The topological polar surface area (TPSA) is 3.24 Å². The summed E-state index contributed by atoms with van der Waals surface area (Å²) in [6.45, 7) is 4.75. The van der Waals surface area contributed by atoms with Gasteiger partial charge in [0.25, 0.3) is 0 Å². The number of fused-ring (bicyclic) bond motifs is 9. The first-order chi connectivity index (χ1) is 24.0. The predicted molar refractivity (Wildman–Crippen MR) is 212 cm³/mol. The molecule has 0 N–H and O–H groups in total. The lowest BCUT2D eigenvalue weighted by atomic mass is 9.81. The molecule has 1 heterocycles. The van der Waals surface area contributed by atoms with Gasteiger partial charge in [-0.25, -0.2) is 0 Å². The fourth-order valence-electron chi connectivity index (χ4n) is 8.16. The Kier molecular flexibility index (Phi) is 6.16. The average molecular weight is 644 g/mol. The SMILES string of the molecule is CC1(C)c2cc(N(c3ccccc3)c3ccc4sc5c6ccccc6cc(-c6ccccc6)c5c4c3)ccc2-c2cc3ccccc3cc21. The van der Waals surface area contributed by atoms with E-state index in [1.54, 1.807) is 0 Å². The van der Waals surface area contributed by atoms with Crippen molar-refractivity contribution in [3.05, 3.63) is 175 Å². The van der Waals surface area contributed by atoms with Gasteiger partial charge in [0, 0.05) is 42.6 Å². The Labute approximate surface area is 290 Å². The second-order valence-electron chi connectivity index (χ2n) is 13.8. The van der Waals surface area contributed by atoms with Crippen molar-refractivity contribution in [3.63, 3.8) is 0 Å². The molecule has 49 heavy (non-hydrogen) atoms. The zero-order chi connectivity index (χ0) is 32.7. The van der Waals surface area contributed by atoms with Crippen molar-refractivity contribution in [2.75, 3.05) is 4.90 Å². The highest BCUT2D eigenvalue weighted by molar-refractivity contribution is 7.26. The highest BCUT2D eigenvalue weighted by Gasteiger charge is 2.36. The third kappa shape index (κ3) is 4.31. The van der Waals surface area contributed by atoms with Gasteiger partial charge < -0.3 is 4.90 Å². The van der Waals surface area contributed by atoms with Gasteiger partial charge in [-0.2, -0.15) is 0 Å². The van der Waals surface area contributed by atoms with Crippen molar-refractivity contribution in [2.24, 2.45) is 0 Å². The van der Waals surface area contributed by atoms with Crippen LogP contribution in [-0.2, 0) is 5.41 Å². The zero-order valence-electron chi connectivity index (χ0n) is 27.4. The molecule has 9 aromatic rings. The van der Waals surface area contributed by atoms with Crippen LogP contribution in [0.25, 0.3) is 64.0 Å². The number of benzene rings is 8. The monoisotopic (exact) mass is 643 g/mol. The van der Waals surface area contributed by atoms with Gasteiger partial charge in [-0.15, -0.1) is 11.3 Å². The third-order valence-electron chi connectivity index (χ3n) is 10.6. The Morgan fingerprint density at radius 1 is 0.449 bits per heavy atom. The molecule has 1 aromatic heterocycles. The van der Waals surface area contributed by atoms with Crippen LogP contribution < -0.4 is 4.90 Å². The van der Waals surface area contributed by atoms with Crippen LogP contribution in [0.2, 0.25) is 0 Å². The number of anilines is 3. The second-order valence-corrected chi connectivity index (χ2v) is 14.8. The van der Waals surface area contributed by atoms with E-state index in [9.17, 15) is 0 Å². The molecular weight excluding hydrogens is 611 g/mol. The van der Waals surface area contributed by atoms with Gasteiger partial charge in [-0.05, 0) is 116 Å². The van der Waals surface area contributed by atoms with Gasteiger partial charge in [0.05, 0.1) is 0 Å². The summed E-state index contributed by atoms with van der Waals surface area (Å²) in [5, 5.41) is 7.81. The van der Waals surface area contributed by atoms with E-state index < -0.39 is 0 Å². The lowest BCUT2D eigenvalue weighted by Gasteiger charge is -2.28. The van der Waals surface area contributed by atoms with E-state index in [1.807, 2.05) is 11.3 Å². The van der Waals surface area contributed by atoms with Crippen LogP contribution in [-0.4, -0.2) is 0 Å². The Balaban J connectivity index is 1.20. The van der Waals surface area contributed by atoms with E-state index in [-0.39, 0.29) is 5.41 Å². The van der Waals surface area contributed by atoms with E-state index >= 15 is 0 Å². The summed E-state index contributed by atoms with van der Waals surface area (Å²) in [5.41, 5.74) is 11.3. The highest BCUT2D eigenvalue weighted by atomic mass is 32.1. The molecule has 1 nitrogen and oxygen atoms in total. The Hall–Kier alpha value is -5.70. The van der Waals surface area contributed by atoms with Crippen molar-refractivity contribution >= 4 is 70.1 Å². The first kappa shape index (κ1) is 28.3. The molecule has 2 heteroatoms. The van der Waals surface area contributed by atoms with Gasteiger partial charge >= 0.3 is 0 Å². The fourth-order valence-corrected chi connectivity index (χ4v) is 9.40. The molecule has 0 saturated heterocycles. The minimum atomic E-state index is -0.119. The summed E-state index contributed by atoms with van der Waals surface area (Å²) < 4.78 is 2.65. The lowest BCUT2D eigenvalue weighted by Crippen LogP contribution is -2.16. The second kappa shape index (κ2) is 10.7. The Morgan fingerprint density at radius 3 is 1.86 bits per heavy atom. The number of para-hydroxylation sites is 1. The molecule has 0 bridgehead atoms. The van der Waals surface area contributed by atoms with E-state index in [0.717, 1.165) is 11.4 Å². The molecule has 10 rings (SSSR count). The van der Waals surface area contributed by atoms with Crippen LogP contribution in [0.1, 0.15) is 25.0 Å². The maximum absolute atomic E-state index is 2.44. The summed E-state index contributed by atoms with van der Waals surface area (Å²) in [6.07, 6.45) is 0. The van der Waals surface area contributed by atoms with Crippen molar-refractivity contribution in [1.29, 1.82) is 0 Å². The summed E-state index contributed by atoms with van der Waals surface area (Å²) in [6, 6.07) is 60.5. The molecule has 1 aliphatic rings. The van der Waals surface area contributed by atoms with Gasteiger partial charge in [0.15, 0.2) is 0 Å². The molecular formula is C47H33NS. The fraction of sp³-hybridized carbons (Fsp3) is 0.0638. The Bertz CT molecular complexity index is 2740.